The first-order chi connectivity index (χ1) is 9.61. The zero-order valence-corrected chi connectivity index (χ0v) is 11.2. The second-order valence-corrected chi connectivity index (χ2v) is 5.14. The third kappa shape index (κ3) is 3.34. The molecular weight excluding hydrogens is 282 g/mol. The van der Waals surface area contributed by atoms with Gasteiger partial charge in [0.2, 0.25) is 0 Å². The van der Waals surface area contributed by atoms with Crippen LogP contribution in [0.3, 0.4) is 0 Å². The van der Waals surface area contributed by atoms with Crippen LogP contribution in [-0.4, -0.2) is 5.91 Å². The monoisotopic (exact) mass is 294 g/mol. The van der Waals surface area contributed by atoms with Crippen molar-refractivity contribution >= 4 is 17.7 Å². The van der Waals surface area contributed by atoms with Gasteiger partial charge in [0.1, 0.15) is 16.9 Å². The molecule has 0 aliphatic rings. The van der Waals surface area contributed by atoms with Crippen molar-refractivity contribution in [1.82, 2.24) is 5.43 Å². The average Bonchev–Trinajstić information content (AvgIpc) is 2.48. The summed E-state index contributed by atoms with van der Waals surface area (Å²) in [6.45, 7) is 0. The fraction of sp³-hybridized carbons (Fsp3) is 0.0714. The Labute approximate surface area is 119 Å². The van der Waals surface area contributed by atoms with E-state index in [-0.39, 0.29) is 4.90 Å². The molecule has 1 amide bonds. The van der Waals surface area contributed by atoms with Crippen molar-refractivity contribution in [2.45, 2.75) is 10.1 Å². The summed E-state index contributed by atoms with van der Waals surface area (Å²) in [5, 5.41) is -0.752. The lowest BCUT2D eigenvalue weighted by atomic mass is 10.1. The van der Waals surface area contributed by atoms with Crippen molar-refractivity contribution in [3.05, 3.63) is 65.7 Å². The lowest BCUT2D eigenvalue weighted by Gasteiger charge is -2.15. The van der Waals surface area contributed by atoms with Crippen molar-refractivity contribution in [2.75, 3.05) is 0 Å². The Morgan fingerprint density at radius 1 is 1.15 bits per heavy atom. The van der Waals surface area contributed by atoms with E-state index in [1.54, 1.807) is 30.3 Å². The van der Waals surface area contributed by atoms with Gasteiger partial charge < -0.3 is 0 Å². The topological polar surface area (TPSA) is 55.1 Å². The largest absolute Gasteiger partial charge is 0.293 e. The van der Waals surface area contributed by atoms with E-state index >= 15 is 0 Å². The molecule has 0 saturated heterocycles. The normalized spacial score (nSPS) is 11.9. The summed E-state index contributed by atoms with van der Waals surface area (Å²) in [5.74, 6) is 3.53. The number of nitrogens with one attached hydrogen (secondary N) is 1. The predicted molar refractivity (Wildman–Crippen MR) is 73.7 cm³/mol. The number of hydrogen-bond acceptors (Lipinski definition) is 3. The second-order valence-electron chi connectivity index (χ2n) is 3.99. The smallest absolute Gasteiger partial charge is 0.251 e. The van der Waals surface area contributed by atoms with E-state index in [4.69, 9.17) is 5.84 Å². The van der Waals surface area contributed by atoms with Crippen LogP contribution >= 0.6 is 11.8 Å². The quantitative estimate of drug-likeness (QED) is 0.394. The lowest BCUT2D eigenvalue weighted by Crippen LogP contribution is -2.33. The molecule has 2 rings (SSSR count). The van der Waals surface area contributed by atoms with Crippen LogP contribution in [0, 0.1) is 11.6 Å². The minimum absolute atomic E-state index is 0.0578. The second kappa shape index (κ2) is 6.49. The molecule has 0 heterocycles. The molecule has 0 bridgehead atoms. The number of halogens is 2. The minimum Gasteiger partial charge on any atom is -0.293 e. The first-order valence-corrected chi connectivity index (χ1v) is 6.67. The number of thioether (sulfide) groups is 1. The molecule has 6 heteroatoms. The molecule has 2 aromatic carbocycles. The number of hydrogen-bond donors (Lipinski definition) is 2. The van der Waals surface area contributed by atoms with E-state index in [1.165, 1.54) is 0 Å². The molecular formula is C14H12F2N2OS. The standard InChI is InChI=1S/C14H12F2N2OS/c15-10-6-7-11(16)12(8-10)20-13(14(19)18-17)9-4-2-1-3-5-9/h1-8,13H,17H2,(H,18,19). The highest BCUT2D eigenvalue weighted by molar-refractivity contribution is 8.00. The van der Waals surface area contributed by atoms with Gasteiger partial charge in [-0.1, -0.05) is 30.3 Å². The third-order valence-corrected chi connectivity index (χ3v) is 3.91. The summed E-state index contributed by atoms with van der Waals surface area (Å²) in [7, 11) is 0. The lowest BCUT2D eigenvalue weighted by molar-refractivity contribution is -0.120. The summed E-state index contributed by atoms with van der Waals surface area (Å²) in [4.78, 5) is 11.9. The van der Waals surface area contributed by atoms with Crippen LogP contribution in [0.2, 0.25) is 0 Å². The number of carbonyl (C=O) groups excluding carboxylic acids is 1. The Morgan fingerprint density at radius 3 is 2.50 bits per heavy atom. The van der Waals surface area contributed by atoms with Crippen LogP contribution in [-0.2, 0) is 4.79 Å². The fourth-order valence-electron chi connectivity index (χ4n) is 1.67. The van der Waals surface area contributed by atoms with Gasteiger partial charge in [-0.2, -0.15) is 0 Å². The fourth-order valence-corrected chi connectivity index (χ4v) is 2.75. The van der Waals surface area contributed by atoms with Crippen LogP contribution in [0.15, 0.2) is 53.4 Å². The van der Waals surface area contributed by atoms with Crippen molar-refractivity contribution in [3.63, 3.8) is 0 Å². The predicted octanol–water partition coefficient (Wildman–Crippen LogP) is 2.79. The van der Waals surface area contributed by atoms with E-state index in [1.807, 2.05) is 5.43 Å². The molecule has 0 fully saturated rings. The van der Waals surface area contributed by atoms with Crippen LogP contribution in [0.25, 0.3) is 0 Å². The van der Waals surface area contributed by atoms with Crippen LogP contribution in [0.5, 0.6) is 0 Å². The molecule has 104 valence electrons. The Hall–Kier alpha value is -1.92. The SMILES string of the molecule is NNC(=O)C(Sc1cc(F)ccc1F)c1ccccc1. The first-order valence-electron chi connectivity index (χ1n) is 5.79. The van der Waals surface area contributed by atoms with Crippen molar-refractivity contribution < 1.29 is 13.6 Å². The van der Waals surface area contributed by atoms with Gasteiger partial charge in [-0.15, -0.1) is 11.8 Å². The molecule has 20 heavy (non-hydrogen) atoms. The van der Waals surface area contributed by atoms with Crippen molar-refractivity contribution in [1.29, 1.82) is 0 Å². The molecule has 1 atom stereocenters. The molecule has 3 N–H and O–H groups in total. The first kappa shape index (κ1) is 14.5. The van der Waals surface area contributed by atoms with Gasteiger partial charge in [0.05, 0.1) is 0 Å². The number of amides is 1. The van der Waals surface area contributed by atoms with Gasteiger partial charge >= 0.3 is 0 Å². The zero-order chi connectivity index (χ0) is 14.5. The van der Waals surface area contributed by atoms with Gasteiger partial charge in [0, 0.05) is 4.90 Å². The maximum absolute atomic E-state index is 13.7. The van der Waals surface area contributed by atoms with E-state index in [2.05, 4.69) is 0 Å². The molecule has 0 saturated carbocycles. The van der Waals surface area contributed by atoms with Crippen molar-refractivity contribution in [2.24, 2.45) is 5.84 Å². The highest BCUT2D eigenvalue weighted by Gasteiger charge is 2.22. The van der Waals surface area contributed by atoms with Gasteiger partial charge in [-0.3, -0.25) is 10.2 Å². The van der Waals surface area contributed by atoms with Crippen LogP contribution < -0.4 is 11.3 Å². The number of carbonyl (C=O) groups is 1. The Kier molecular flexibility index (Phi) is 4.70. The number of hydrazine groups is 1. The highest BCUT2D eigenvalue weighted by Crippen LogP contribution is 2.36. The summed E-state index contributed by atoms with van der Waals surface area (Å²) in [6.07, 6.45) is 0. The Morgan fingerprint density at radius 2 is 1.85 bits per heavy atom. The molecule has 3 nitrogen and oxygen atoms in total. The van der Waals surface area contributed by atoms with Gasteiger partial charge in [0.15, 0.2) is 0 Å². The third-order valence-electron chi connectivity index (χ3n) is 2.62. The van der Waals surface area contributed by atoms with Gasteiger partial charge in [-0.05, 0) is 23.8 Å². The number of nitrogens with two attached hydrogens (primary N) is 1. The maximum atomic E-state index is 13.7. The summed E-state index contributed by atoms with van der Waals surface area (Å²) >= 11 is 0.908. The van der Waals surface area contributed by atoms with Gasteiger partial charge in [0.25, 0.3) is 5.91 Å². The van der Waals surface area contributed by atoms with E-state index < -0.39 is 22.8 Å². The minimum atomic E-state index is -0.752. The summed E-state index contributed by atoms with van der Waals surface area (Å²) in [5.41, 5.74) is 2.70. The summed E-state index contributed by atoms with van der Waals surface area (Å²) < 4.78 is 26.8. The maximum Gasteiger partial charge on any atom is 0.251 e. The van der Waals surface area contributed by atoms with Crippen LogP contribution in [0.1, 0.15) is 10.8 Å². The molecule has 0 radical (unpaired) electrons. The average molecular weight is 294 g/mol. The molecule has 0 aliphatic carbocycles. The van der Waals surface area contributed by atoms with E-state index in [0.29, 0.717) is 5.56 Å². The Bertz CT molecular complexity index is 607. The number of benzene rings is 2. The Balaban J connectivity index is 2.34. The molecule has 0 spiro atoms. The molecule has 1 unspecified atom stereocenters. The van der Waals surface area contributed by atoms with Crippen LogP contribution in [0.4, 0.5) is 8.78 Å². The molecule has 0 aliphatic heterocycles. The van der Waals surface area contributed by atoms with Gasteiger partial charge in [-0.25, -0.2) is 14.6 Å². The van der Waals surface area contributed by atoms with E-state index in [9.17, 15) is 13.6 Å². The highest BCUT2D eigenvalue weighted by atomic mass is 32.2. The summed E-state index contributed by atoms with van der Waals surface area (Å²) in [6, 6.07) is 11.9. The number of rotatable bonds is 4. The molecule has 2 aromatic rings. The van der Waals surface area contributed by atoms with E-state index in [0.717, 1.165) is 30.0 Å². The zero-order valence-electron chi connectivity index (χ0n) is 10.3. The van der Waals surface area contributed by atoms with Crippen molar-refractivity contribution in [3.8, 4) is 0 Å². The molecule has 0 aromatic heterocycles.